The monoisotopic (exact) mass is 573 g/mol. The molecule has 9 heteroatoms. The number of halogens is 1. The van der Waals surface area contributed by atoms with Crippen LogP contribution in [0.15, 0.2) is 66.7 Å². The van der Waals surface area contributed by atoms with Gasteiger partial charge in [-0.15, -0.1) is 0 Å². The first-order chi connectivity index (χ1) is 19.9. The summed E-state index contributed by atoms with van der Waals surface area (Å²) in [5.41, 5.74) is 2.11. The number of β-amino-alcohol motifs (C(OH)–C–C–N with tert-alkyl or cyclic N) is 1. The van der Waals surface area contributed by atoms with Gasteiger partial charge in [0.05, 0.1) is 18.7 Å². The van der Waals surface area contributed by atoms with E-state index in [1.807, 2.05) is 39.8 Å². The van der Waals surface area contributed by atoms with E-state index in [2.05, 4.69) is 5.32 Å². The lowest BCUT2D eigenvalue weighted by Gasteiger charge is -2.40. The fourth-order valence-electron chi connectivity index (χ4n) is 6.02. The van der Waals surface area contributed by atoms with E-state index in [-0.39, 0.29) is 37.0 Å². The Labute approximate surface area is 244 Å². The van der Waals surface area contributed by atoms with Gasteiger partial charge in [0.1, 0.15) is 23.7 Å². The molecule has 0 aromatic heterocycles. The molecule has 2 aliphatic heterocycles. The lowest BCUT2D eigenvalue weighted by atomic mass is 9.84. The van der Waals surface area contributed by atoms with Gasteiger partial charge in [0.15, 0.2) is 0 Å². The number of carbonyl (C=O) groups excluding carboxylic acids is 3. The molecule has 1 fully saturated rings. The molecular weight excluding hydrogens is 537 g/mol. The predicted molar refractivity (Wildman–Crippen MR) is 156 cm³/mol. The van der Waals surface area contributed by atoms with Crippen molar-refractivity contribution in [2.24, 2.45) is 5.41 Å². The van der Waals surface area contributed by atoms with Crippen LogP contribution in [0, 0.1) is 11.2 Å². The third kappa shape index (κ3) is 5.48. The van der Waals surface area contributed by atoms with E-state index in [9.17, 15) is 29.0 Å². The first-order valence-corrected chi connectivity index (χ1v) is 14.1. The minimum absolute atomic E-state index is 0.00627. The second kappa shape index (κ2) is 11.2. The van der Waals surface area contributed by atoms with Crippen molar-refractivity contribution < 1.29 is 29.0 Å². The van der Waals surface area contributed by atoms with E-state index in [0.29, 0.717) is 22.3 Å². The standard InChI is InChI=1S/C33H36FN3O5/c1-19(20-12-14-21(15-13-20)23-8-5-6-10-26(23)34)35-30(40)27-16-22(38)17-36(27)32(42)29(33(2,3)4)37-18-25-24(31(37)41)9-7-11-28(25)39/h5-15,19,22,27,29,38-39H,16-18H2,1-4H3,(H,35,40)/t19-,22+,27-,29+/m0/s1. The molecule has 2 aliphatic rings. The number of nitrogens with zero attached hydrogens (tertiary/aromatic N) is 2. The molecule has 8 nitrogen and oxygen atoms in total. The largest absolute Gasteiger partial charge is 0.508 e. The van der Waals surface area contributed by atoms with Gasteiger partial charge >= 0.3 is 0 Å². The number of rotatable bonds is 6. The van der Waals surface area contributed by atoms with E-state index in [0.717, 1.165) is 5.56 Å². The minimum Gasteiger partial charge on any atom is -0.508 e. The Bertz CT molecular complexity index is 1520. The average Bonchev–Trinajstić information content (AvgIpc) is 3.49. The van der Waals surface area contributed by atoms with Crippen LogP contribution in [-0.4, -0.2) is 62.5 Å². The molecular formula is C33H36FN3O5. The Morgan fingerprint density at radius 3 is 2.31 bits per heavy atom. The second-order valence-electron chi connectivity index (χ2n) is 12.2. The second-order valence-corrected chi connectivity index (χ2v) is 12.2. The molecule has 0 bridgehead atoms. The van der Waals surface area contributed by atoms with Gasteiger partial charge in [-0.05, 0) is 41.7 Å². The number of carbonyl (C=O) groups is 3. The molecule has 1 saturated heterocycles. The molecule has 0 aliphatic carbocycles. The average molecular weight is 574 g/mol. The number of aliphatic hydroxyl groups excluding tert-OH is 1. The van der Waals surface area contributed by atoms with E-state index < -0.39 is 41.5 Å². The first kappa shape index (κ1) is 29.3. The maximum absolute atomic E-state index is 14.2. The lowest BCUT2D eigenvalue weighted by Crippen LogP contribution is -2.58. The maximum atomic E-state index is 14.2. The van der Waals surface area contributed by atoms with Crippen LogP contribution < -0.4 is 5.32 Å². The molecule has 0 saturated carbocycles. The molecule has 3 aromatic rings. The molecule has 0 spiro atoms. The van der Waals surface area contributed by atoms with Gasteiger partial charge in [0.2, 0.25) is 11.8 Å². The summed E-state index contributed by atoms with van der Waals surface area (Å²) in [5, 5.41) is 23.8. The number of hydrogen-bond acceptors (Lipinski definition) is 5. The van der Waals surface area contributed by atoms with Gasteiger partial charge in [-0.25, -0.2) is 4.39 Å². The van der Waals surface area contributed by atoms with E-state index >= 15 is 0 Å². The molecule has 2 heterocycles. The first-order valence-electron chi connectivity index (χ1n) is 14.1. The number of phenolic OH excluding ortho intramolecular Hbond substituents is 1. The predicted octanol–water partition coefficient (Wildman–Crippen LogP) is 4.41. The van der Waals surface area contributed by atoms with Crippen LogP contribution in [0.1, 0.15) is 61.6 Å². The van der Waals surface area contributed by atoms with Crippen molar-refractivity contribution in [3.8, 4) is 16.9 Å². The summed E-state index contributed by atoms with van der Waals surface area (Å²) in [7, 11) is 0. The Balaban J connectivity index is 1.33. The number of aliphatic hydroxyl groups is 1. The Kier molecular flexibility index (Phi) is 7.81. The van der Waals surface area contributed by atoms with Crippen LogP contribution in [0.25, 0.3) is 11.1 Å². The number of phenols is 1. The number of aromatic hydroxyl groups is 1. The Morgan fingerprint density at radius 2 is 1.67 bits per heavy atom. The zero-order valence-corrected chi connectivity index (χ0v) is 24.2. The van der Waals surface area contributed by atoms with Gasteiger partial charge in [-0.3, -0.25) is 14.4 Å². The maximum Gasteiger partial charge on any atom is 0.255 e. The van der Waals surface area contributed by atoms with Gasteiger partial charge in [0, 0.05) is 29.7 Å². The van der Waals surface area contributed by atoms with Crippen molar-refractivity contribution in [1.29, 1.82) is 0 Å². The van der Waals surface area contributed by atoms with Crippen LogP contribution in [0.5, 0.6) is 5.75 Å². The SMILES string of the molecule is C[C@H](NC(=O)[C@@H]1C[C@@H](O)CN1C(=O)[C@@H](N1Cc2c(O)cccc2C1=O)C(C)(C)C)c1ccc(-c2ccccc2F)cc1. The highest BCUT2D eigenvalue weighted by Crippen LogP contribution is 2.37. The molecule has 3 amide bonds. The van der Waals surface area contributed by atoms with Crippen LogP contribution in [0.2, 0.25) is 0 Å². The lowest BCUT2D eigenvalue weighted by molar-refractivity contribution is -0.145. The summed E-state index contributed by atoms with van der Waals surface area (Å²) < 4.78 is 14.2. The third-order valence-electron chi connectivity index (χ3n) is 8.16. The molecule has 3 aromatic carbocycles. The van der Waals surface area contributed by atoms with Crippen molar-refractivity contribution in [1.82, 2.24) is 15.1 Å². The highest BCUT2D eigenvalue weighted by atomic mass is 19.1. The minimum atomic E-state index is -0.930. The summed E-state index contributed by atoms with van der Waals surface area (Å²) >= 11 is 0. The molecule has 5 rings (SSSR count). The summed E-state index contributed by atoms with van der Waals surface area (Å²) in [6.45, 7) is 7.40. The molecule has 0 radical (unpaired) electrons. The molecule has 0 unspecified atom stereocenters. The summed E-state index contributed by atoms with van der Waals surface area (Å²) in [5.74, 6) is -1.52. The number of benzene rings is 3. The van der Waals surface area contributed by atoms with Crippen molar-refractivity contribution in [2.75, 3.05) is 6.54 Å². The van der Waals surface area contributed by atoms with Crippen molar-refractivity contribution in [3.63, 3.8) is 0 Å². The Hall–Kier alpha value is -4.24. The van der Waals surface area contributed by atoms with Gasteiger partial charge in [-0.1, -0.05) is 69.3 Å². The number of nitrogens with one attached hydrogen (secondary N) is 1. The number of hydrogen-bond donors (Lipinski definition) is 3. The normalized spacial score (nSPS) is 19.9. The smallest absolute Gasteiger partial charge is 0.255 e. The van der Waals surface area contributed by atoms with E-state index in [1.165, 1.54) is 21.9 Å². The summed E-state index contributed by atoms with van der Waals surface area (Å²) in [6.07, 6.45) is -0.821. The summed E-state index contributed by atoms with van der Waals surface area (Å²) in [6, 6.07) is 16.2. The number of likely N-dealkylation sites (tertiary alicyclic amines) is 1. The summed E-state index contributed by atoms with van der Waals surface area (Å²) in [4.78, 5) is 43.8. The van der Waals surface area contributed by atoms with Crippen LogP contribution in [0.4, 0.5) is 4.39 Å². The number of fused-ring (bicyclic) bond motifs is 1. The highest BCUT2D eigenvalue weighted by molar-refractivity contribution is 6.02. The fraction of sp³-hybridized carbons (Fsp3) is 0.364. The van der Waals surface area contributed by atoms with E-state index in [4.69, 9.17) is 0 Å². The quantitative estimate of drug-likeness (QED) is 0.405. The van der Waals surface area contributed by atoms with Crippen LogP contribution in [0.3, 0.4) is 0 Å². The van der Waals surface area contributed by atoms with Crippen LogP contribution >= 0.6 is 0 Å². The molecule has 220 valence electrons. The molecule has 42 heavy (non-hydrogen) atoms. The number of amides is 3. The highest BCUT2D eigenvalue weighted by Gasteiger charge is 2.49. The van der Waals surface area contributed by atoms with Crippen molar-refractivity contribution >= 4 is 17.7 Å². The van der Waals surface area contributed by atoms with Gasteiger partial charge in [0.25, 0.3) is 5.91 Å². The zero-order valence-electron chi connectivity index (χ0n) is 24.2. The molecule has 3 N–H and O–H groups in total. The third-order valence-corrected chi connectivity index (χ3v) is 8.16. The van der Waals surface area contributed by atoms with Crippen molar-refractivity contribution in [2.45, 2.75) is 64.9 Å². The Morgan fingerprint density at radius 1 is 1.00 bits per heavy atom. The topological polar surface area (TPSA) is 110 Å². The van der Waals surface area contributed by atoms with Crippen LogP contribution in [-0.2, 0) is 16.1 Å². The zero-order chi connectivity index (χ0) is 30.3. The molecule has 4 atom stereocenters. The van der Waals surface area contributed by atoms with Gasteiger partial charge in [-0.2, -0.15) is 0 Å². The van der Waals surface area contributed by atoms with Gasteiger partial charge < -0.3 is 25.3 Å². The fourth-order valence-corrected chi connectivity index (χ4v) is 6.02. The van der Waals surface area contributed by atoms with E-state index in [1.54, 1.807) is 42.5 Å². The van der Waals surface area contributed by atoms with Crippen molar-refractivity contribution in [3.05, 3.63) is 89.2 Å².